The highest BCUT2D eigenvalue weighted by molar-refractivity contribution is 5.21. The fourth-order valence-electron chi connectivity index (χ4n) is 2.30. The number of nitrogens with zero attached hydrogens (tertiary/aromatic N) is 2. The van der Waals surface area contributed by atoms with Crippen LogP contribution in [0.15, 0.2) is 41.5 Å². The molecule has 0 aliphatic rings. The van der Waals surface area contributed by atoms with Crippen LogP contribution in [0.1, 0.15) is 24.9 Å². The van der Waals surface area contributed by atoms with E-state index in [1.165, 1.54) is 6.07 Å². The molecule has 0 spiro atoms. The third kappa shape index (κ3) is 2.99. The van der Waals surface area contributed by atoms with E-state index in [2.05, 4.69) is 5.32 Å². The molecule has 0 amide bonds. The van der Waals surface area contributed by atoms with Crippen molar-refractivity contribution in [2.75, 3.05) is 7.05 Å². The van der Waals surface area contributed by atoms with E-state index >= 15 is 0 Å². The minimum Gasteiger partial charge on any atom is -0.311 e. The van der Waals surface area contributed by atoms with Crippen LogP contribution >= 0.6 is 0 Å². The molecular formula is C15H20FN3O. The first kappa shape index (κ1) is 14.5. The molecular weight excluding hydrogens is 257 g/mol. The maximum absolute atomic E-state index is 13.8. The Kier molecular flexibility index (Phi) is 4.74. The Hall–Kier alpha value is -1.88. The van der Waals surface area contributed by atoms with Gasteiger partial charge in [-0.3, -0.25) is 9.13 Å². The van der Waals surface area contributed by atoms with Crippen molar-refractivity contribution in [3.8, 4) is 0 Å². The number of rotatable bonds is 6. The van der Waals surface area contributed by atoms with Crippen molar-refractivity contribution in [3.05, 3.63) is 58.5 Å². The Morgan fingerprint density at radius 1 is 1.25 bits per heavy atom. The molecule has 1 aromatic carbocycles. The predicted molar refractivity (Wildman–Crippen MR) is 77.2 cm³/mol. The lowest BCUT2D eigenvalue weighted by Crippen LogP contribution is -2.30. The fraction of sp³-hybridized carbons (Fsp3) is 0.400. The van der Waals surface area contributed by atoms with Gasteiger partial charge in [-0.25, -0.2) is 9.18 Å². The second-order valence-electron chi connectivity index (χ2n) is 4.79. The van der Waals surface area contributed by atoms with Gasteiger partial charge in [0.1, 0.15) is 5.82 Å². The summed E-state index contributed by atoms with van der Waals surface area (Å²) < 4.78 is 17.1. The van der Waals surface area contributed by atoms with Gasteiger partial charge in [0.2, 0.25) is 0 Å². The average Bonchev–Trinajstić information content (AvgIpc) is 2.79. The van der Waals surface area contributed by atoms with Crippen LogP contribution < -0.4 is 11.0 Å². The lowest BCUT2D eigenvalue weighted by atomic mass is 10.1. The maximum atomic E-state index is 13.8. The second-order valence-corrected chi connectivity index (χ2v) is 4.79. The van der Waals surface area contributed by atoms with Gasteiger partial charge < -0.3 is 5.32 Å². The lowest BCUT2D eigenvalue weighted by Gasteiger charge is -2.17. The molecule has 5 heteroatoms. The van der Waals surface area contributed by atoms with Gasteiger partial charge in [-0.05, 0) is 19.5 Å². The summed E-state index contributed by atoms with van der Waals surface area (Å²) in [6.07, 6.45) is 4.44. The van der Waals surface area contributed by atoms with Crippen molar-refractivity contribution < 1.29 is 4.39 Å². The zero-order valence-corrected chi connectivity index (χ0v) is 11.8. The fourth-order valence-corrected chi connectivity index (χ4v) is 2.30. The standard InChI is InChI=1S/C15H20FN3O/c1-3-8-18-9-10-19(15(18)20)11-14(17-2)12-6-4-5-7-13(12)16/h4-7,9-10,14,17H,3,8,11H2,1-2H3. The van der Waals surface area contributed by atoms with Crippen molar-refractivity contribution in [3.63, 3.8) is 0 Å². The van der Waals surface area contributed by atoms with E-state index in [1.807, 2.05) is 6.92 Å². The average molecular weight is 277 g/mol. The Bertz CT molecular complexity index is 618. The minimum atomic E-state index is -0.257. The molecule has 20 heavy (non-hydrogen) atoms. The Morgan fingerprint density at radius 3 is 2.60 bits per heavy atom. The quantitative estimate of drug-likeness (QED) is 0.879. The van der Waals surface area contributed by atoms with Gasteiger partial charge in [-0.15, -0.1) is 0 Å². The van der Waals surface area contributed by atoms with Crippen LogP contribution in [0.2, 0.25) is 0 Å². The van der Waals surface area contributed by atoms with E-state index in [1.54, 1.807) is 46.8 Å². The molecule has 4 nitrogen and oxygen atoms in total. The zero-order chi connectivity index (χ0) is 14.5. The van der Waals surface area contributed by atoms with Gasteiger partial charge in [-0.1, -0.05) is 25.1 Å². The largest absolute Gasteiger partial charge is 0.328 e. The molecule has 0 saturated heterocycles. The van der Waals surface area contributed by atoms with E-state index in [0.29, 0.717) is 18.7 Å². The monoisotopic (exact) mass is 277 g/mol. The van der Waals surface area contributed by atoms with Gasteiger partial charge in [0.05, 0.1) is 6.04 Å². The summed E-state index contributed by atoms with van der Waals surface area (Å²) in [4.78, 5) is 12.1. The molecule has 0 saturated carbocycles. The Morgan fingerprint density at radius 2 is 1.95 bits per heavy atom. The molecule has 1 aromatic heterocycles. The van der Waals surface area contributed by atoms with Crippen LogP contribution in [0.25, 0.3) is 0 Å². The summed E-state index contributed by atoms with van der Waals surface area (Å²) in [5.41, 5.74) is 0.522. The Balaban J connectivity index is 2.23. The van der Waals surface area contributed by atoms with Crippen LogP contribution in [0.3, 0.4) is 0 Å². The number of hydrogen-bond acceptors (Lipinski definition) is 2. The summed E-state index contributed by atoms with van der Waals surface area (Å²) >= 11 is 0. The molecule has 1 N–H and O–H groups in total. The van der Waals surface area contributed by atoms with E-state index in [4.69, 9.17) is 0 Å². The summed E-state index contributed by atoms with van der Waals surface area (Å²) in [6, 6.07) is 6.41. The number of benzene rings is 1. The summed E-state index contributed by atoms with van der Waals surface area (Å²) in [5.74, 6) is -0.257. The summed E-state index contributed by atoms with van der Waals surface area (Å²) in [5, 5.41) is 3.07. The molecule has 1 heterocycles. The van der Waals surface area contributed by atoms with Gasteiger partial charge in [0, 0.05) is 31.0 Å². The van der Waals surface area contributed by atoms with E-state index in [9.17, 15) is 9.18 Å². The van der Waals surface area contributed by atoms with Gasteiger partial charge in [-0.2, -0.15) is 0 Å². The SMILES string of the molecule is CCCn1ccn(CC(NC)c2ccccc2F)c1=O. The minimum absolute atomic E-state index is 0.0524. The molecule has 2 rings (SSSR count). The van der Waals surface area contributed by atoms with Gasteiger partial charge in [0.25, 0.3) is 0 Å². The molecule has 1 atom stereocenters. The number of likely N-dealkylation sites (N-methyl/N-ethyl adjacent to an activating group) is 1. The highest BCUT2D eigenvalue weighted by Gasteiger charge is 2.15. The maximum Gasteiger partial charge on any atom is 0.328 e. The number of hydrogen-bond donors (Lipinski definition) is 1. The van der Waals surface area contributed by atoms with E-state index in [-0.39, 0.29) is 17.5 Å². The highest BCUT2D eigenvalue weighted by Crippen LogP contribution is 2.17. The number of halogens is 1. The first-order valence-electron chi connectivity index (χ1n) is 6.84. The van der Waals surface area contributed by atoms with E-state index in [0.717, 1.165) is 6.42 Å². The lowest BCUT2D eigenvalue weighted by molar-refractivity contribution is 0.461. The van der Waals surface area contributed by atoms with Gasteiger partial charge >= 0.3 is 5.69 Å². The van der Waals surface area contributed by atoms with Gasteiger partial charge in [0.15, 0.2) is 0 Å². The molecule has 0 radical (unpaired) electrons. The topological polar surface area (TPSA) is 39.0 Å². The predicted octanol–water partition coefficient (Wildman–Crippen LogP) is 2.16. The number of imidazole rings is 1. The van der Waals surface area contributed by atoms with Crippen molar-refractivity contribution in [2.45, 2.75) is 32.5 Å². The highest BCUT2D eigenvalue weighted by atomic mass is 19.1. The second kappa shape index (κ2) is 6.52. The first-order chi connectivity index (χ1) is 9.67. The molecule has 1 unspecified atom stereocenters. The van der Waals surface area contributed by atoms with Crippen molar-refractivity contribution in [1.29, 1.82) is 0 Å². The smallest absolute Gasteiger partial charge is 0.311 e. The summed E-state index contributed by atoms with van der Waals surface area (Å²) in [7, 11) is 1.77. The number of nitrogens with one attached hydrogen (secondary N) is 1. The molecule has 108 valence electrons. The third-order valence-corrected chi connectivity index (χ3v) is 3.39. The van der Waals surface area contributed by atoms with Crippen molar-refractivity contribution >= 4 is 0 Å². The number of aromatic nitrogens is 2. The van der Waals surface area contributed by atoms with Crippen LogP contribution in [0.5, 0.6) is 0 Å². The number of aryl methyl sites for hydroxylation is 1. The zero-order valence-electron chi connectivity index (χ0n) is 11.8. The molecule has 2 aromatic rings. The van der Waals surface area contributed by atoms with Crippen LogP contribution in [-0.2, 0) is 13.1 Å². The Labute approximate surface area is 117 Å². The molecule has 0 aliphatic heterocycles. The van der Waals surface area contributed by atoms with Crippen LogP contribution in [0.4, 0.5) is 4.39 Å². The van der Waals surface area contributed by atoms with E-state index < -0.39 is 0 Å². The molecule has 0 fully saturated rings. The summed E-state index contributed by atoms with van der Waals surface area (Å²) in [6.45, 7) is 3.14. The normalized spacial score (nSPS) is 12.6. The van der Waals surface area contributed by atoms with Crippen molar-refractivity contribution in [2.24, 2.45) is 0 Å². The van der Waals surface area contributed by atoms with Crippen LogP contribution in [-0.4, -0.2) is 16.2 Å². The molecule has 0 aliphatic carbocycles. The third-order valence-electron chi connectivity index (χ3n) is 3.39. The van der Waals surface area contributed by atoms with Crippen molar-refractivity contribution in [1.82, 2.24) is 14.5 Å². The molecule has 0 bridgehead atoms. The first-order valence-corrected chi connectivity index (χ1v) is 6.84. The van der Waals surface area contributed by atoms with Crippen LogP contribution in [0, 0.1) is 5.82 Å².